The van der Waals surface area contributed by atoms with Gasteiger partial charge in [0.05, 0.1) is 18.7 Å². The Bertz CT molecular complexity index is 211. The SMILES string of the molecule is N#CCc1ccnnc1. The van der Waals surface area contributed by atoms with Crippen molar-refractivity contribution < 1.29 is 0 Å². The molecule has 0 atom stereocenters. The van der Waals surface area contributed by atoms with Crippen molar-refractivity contribution in [2.75, 3.05) is 0 Å². The molecule has 0 bridgehead atoms. The summed E-state index contributed by atoms with van der Waals surface area (Å²) in [6.45, 7) is 0. The van der Waals surface area contributed by atoms with E-state index in [1.807, 2.05) is 6.07 Å². The zero-order valence-electron chi connectivity index (χ0n) is 4.78. The molecule has 0 saturated heterocycles. The molecule has 1 aromatic heterocycles. The molecule has 0 radical (unpaired) electrons. The summed E-state index contributed by atoms with van der Waals surface area (Å²) in [5, 5.41) is 15.4. The standard InChI is InChI=1S/C6H5N3/c7-3-1-6-2-4-8-9-5-6/h2,4-5H,1H2. The van der Waals surface area contributed by atoms with E-state index < -0.39 is 0 Å². The first-order chi connectivity index (χ1) is 4.43. The van der Waals surface area contributed by atoms with Crippen LogP contribution in [0, 0.1) is 11.3 Å². The van der Waals surface area contributed by atoms with Crippen LogP contribution < -0.4 is 0 Å². The summed E-state index contributed by atoms with van der Waals surface area (Å²) >= 11 is 0. The smallest absolute Gasteiger partial charge is 0.0670 e. The lowest BCUT2D eigenvalue weighted by Gasteiger charge is -1.86. The van der Waals surface area contributed by atoms with E-state index in [2.05, 4.69) is 10.2 Å². The molecule has 1 aromatic rings. The van der Waals surface area contributed by atoms with Gasteiger partial charge in [0.2, 0.25) is 0 Å². The fraction of sp³-hybridized carbons (Fsp3) is 0.167. The van der Waals surface area contributed by atoms with Gasteiger partial charge < -0.3 is 0 Å². The summed E-state index contributed by atoms with van der Waals surface area (Å²) < 4.78 is 0. The van der Waals surface area contributed by atoms with Crippen LogP contribution in [0.3, 0.4) is 0 Å². The average Bonchev–Trinajstić information content (AvgIpc) is 1.91. The third kappa shape index (κ3) is 1.50. The number of hydrogen-bond acceptors (Lipinski definition) is 3. The van der Waals surface area contributed by atoms with Crippen LogP contribution in [0.5, 0.6) is 0 Å². The first kappa shape index (κ1) is 5.70. The highest BCUT2D eigenvalue weighted by molar-refractivity contribution is 5.09. The molecule has 0 fully saturated rings. The maximum atomic E-state index is 8.22. The zero-order chi connectivity index (χ0) is 6.53. The summed E-state index contributed by atoms with van der Waals surface area (Å²) in [6.07, 6.45) is 3.57. The summed E-state index contributed by atoms with van der Waals surface area (Å²) in [7, 11) is 0. The molecule has 1 heterocycles. The van der Waals surface area contributed by atoms with Crippen LogP contribution in [-0.2, 0) is 6.42 Å². The molecule has 0 N–H and O–H groups in total. The Kier molecular flexibility index (Phi) is 1.76. The van der Waals surface area contributed by atoms with E-state index in [0.717, 1.165) is 5.56 Å². The van der Waals surface area contributed by atoms with Crippen LogP contribution in [0.25, 0.3) is 0 Å². The third-order valence-electron chi connectivity index (χ3n) is 0.929. The third-order valence-corrected chi connectivity index (χ3v) is 0.929. The Morgan fingerprint density at radius 1 is 1.56 bits per heavy atom. The number of aromatic nitrogens is 2. The maximum Gasteiger partial charge on any atom is 0.0670 e. The minimum absolute atomic E-state index is 0.412. The van der Waals surface area contributed by atoms with Gasteiger partial charge in [-0.15, -0.1) is 0 Å². The Labute approximate surface area is 53.0 Å². The van der Waals surface area contributed by atoms with Crippen molar-refractivity contribution in [2.24, 2.45) is 0 Å². The monoisotopic (exact) mass is 119 g/mol. The molecule has 0 aliphatic rings. The van der Waals surface area contributed by atoms with Crippen molar-refractivity contribution in [3.8, 4) is 6.07 Å². The van der Waals surface area contributed by atoms with Crippen molar-refractivity contribution in [2.45, 2.75) is 6.42 Å². The normalized spacial score (nSPS) is 8.33. The first-order valence-corrected chi connectivity index (χ1v) is 2.56. The van der Waals surface area contributed by atoms with Crippen LogP contribution in [0.1, 0.15) is 5.56 Å². The van der Waals surface area contributed by atoms with Crippen molar-refractivity contribution in [1.29, 1.82) is 5.26 Å². The minimum atomic E-state index is 0.412. The van der Waals surface area contributed by atoms with Crippen LogP contribution in [0.15, 0.2) is 18.5 Å². The van der Waals surface area contributed by atoms with Gasteiger partial charge in [-0.05, 0) is 11.6 Å². The van der Waals surface area contributed by atoms with E-state index >= 15 is 0 Å². The van der Waals surface area contributed by atoms with Gasteiger partial charge in [0.1, 0.15) is 0 Å². The molecule has 3 nitrogen and oxygen atoms in total. The predicted molar refractivity (Wildman–Crippen MR) is 31.3 cm³/mol. The zero-order valence-corrected chi connectivity index (χ0v) is 4.78. The predicted octanol–water partition coefficient (Wildman–Crippen LogP) is 0.543. The fourth-order valence-electron chi connectivity index (χ4n) is 0.514. The molecule has 0 amide bonds. The molecular weight excluding hydrogens is 114 g/mol. The lowest BCUT2D eigenvalue weighted by Crippen LogP contribution is -1.83. The van der Waals surface area contributed by atoms with Gasteiger partial charge in [-0.2, -0.15) is 15.5 Å². The Morgan fingerprint density at radius 2 is 2.44 bits per heavy atom. The van der Waals surface area contributed by atoms with Gasteiger partial charge in [0.15, 0.2) is 0 Å². The van der Waals surface area contributed by atoms with Gasteiger partial charge in [0.25, 0.3) is 0 Å². The lowest BCUT2D eigenvalue weighted by molar-refractivity contribution is 1.00. The van der Waals surface area contributed by atoms with Crippen molar-refractivity contribution in [3.63, 3.8) is 0 Å². The van der Waals surface area contributed by atoms with E-state index in [9.17, 15) is 0 Å². The molecule has 0 saturated carbocycles. The molecule has 0 aliphatic heterocycles. The van der Waals surface area contributed by atoms with E-state index in [1.54, 1.807) is 18.5 Å². The Balaban J connectivity index is 2.76. The van der Waals surface area contributed by atoms with Crippen molar-refractivity contribution >= 4 is 0 Å². The van der Waals surface area contributed by atoms with E-state index in [4.69, 9.17) is 5.26 Å². The number of nitrogens with zero attached hydrogens (tertiary/aromatic N) is 3. The highest BCUT2D eigenvalue weighted by Crippen LogP contribution is 1.92. The molecule has 44 valence electrons. The molecule has 0 spiro atoms. The van der Waals surface area contributed by atoms with Crippen LogP contribution in [0.4, 0.5) is 0 Å². The topological polar surface area (TPSA) is 49.6 Å². The average molecular weight is 119 g/mol. The second-order valence-corrected chi connectivity index (χ2v) is 1.59. The number of hydrogen-bond donors (Lipinski definition) is 0. The van der Waals surface area contributed by atoms with Gasteiger partial charge in [-0.3, -0.25) is 0 Å². The summed E-state index contributed by atoms with van der Waals surface area (Å²) in [4.78, 5) is 0. The molecule has 0 unspecified atom stereocenters. The quantitative estimate of drug-likeness (QED) is 0.542. The lowest BCUT2D eigenvalue weighted by atomic mass is 10.2. The fourth-order valence-corrected chi connectivity index (χ4v) is 0.514. The molecule has 0 aromatic carbocycles. The minimum Gasteiger partial charge on any atom is -0.198 e. The second kappa shape index (κ2) is 2.78. The van der Waals surface area contributed by atoms with Gasteiger partial charge in [-0.25, -0.2) is 0 Å². The van der Waals surface area contributed by atoms with E-state index in [0.29, 0.717) is 6.42 Å². The van der Waals surface area contributed by atoms with Gasteiger partial charge in [-0.1, -0.05) is 0 Å². The Morgan fingerprint density at radius 3 is 3.00 bits per heavy atom. The molecule has 9 heavy (non-hydrogen) atoms. The number of nitriles is 1. The molecule has 1 rings (SSSR count). The van der Waals surface area contributed by atoms with E-state index in [1.165, 1.54) is 0 Å². The van der Waals surface area contributed by atoms with Crippen LogP contribution in [0.2, 0.25) is 0 Å². The van der Waals surface area contributed by atoms with Crippen molar-refractivity contribution in [3.05, 3.63) is 24.0 Å². The second-order valence-electron chi connectivity index (χ2n) is 1.59. The molecule has 0 aliphatic carbocycles. The highest BCUT2D eigenvalue weighted by atomic mass is 15.1. The summed E-state index contributed by atoms with van der Waals surface area (Å²) in [5.74, 6) is 0. The first-order valence-electron chi connectivity index (χ1n) is 2.56. The highest BCUT2D eigenvalue weighted by Gasteiger charge is 1.86. The Hall–Kier alpha value is -1.43. The largest absolute Gasteiger partial charge is 0.198 e. The summed E-state index contributed by atoms with van der Waals surface area (Å²) in [5.41, 5.74) is 0.910. The van der Waals surface area contributed by atoms with E-state index in [-0.39, 0.29) is 0 Å². The van der Waals surface area contributed by atoms with Gasteiger partial charge >= 0.3 is 0 Å². The molecular formula is C6H5N3. The maximum absolute atomic E-state index is 8.22. The van der Waals surface area contributed by atoms with Crippen molar-refractivity contribution in [1.82, 2.24) is 10.2 Å². The molecule has 3 heteroatoms. The summed E-state index contributed by atoms with van der Waals surface area (Å²) in [6, 6.07) is 3.79. The van der Waals surface area contributed by atoms with Crippen LogP contribution >= 0.6 is 0 Å². The van der Waals surface area contributed by atoms with Gasteiger partial charge in [0, 0.05) is 6.20 Å². The van der Waals surface area contributed by atoms with Crippen LogP contribution in [-0.4, -0.2) is 10.2 Å². The number of rotatable bonds is 1.